The van der Waals surface area contributed by atoms with E-state index in [1.807, 2.05) is 19.1 Å². The number of carbonyl (C=O) groups excluding carboxylic acids is 1. The lowest BCUT2D eigenvalue weighted by Crippen LogP contribution is -2.34. The van der Waals surface area contributed by atoms with Crippen molar-refractivity contribution in [2.75, 3.05) is 10.2 Å². The van der Waals surface area contributed by atoms with E-state index in [1.54, 1.807) is 31.2 Å². The largest absolute Gasteiger partial charge is 0.464 e. The van der Waals surface area contributed by atoms with Crippen LogP contribution in [0.25, 0.3) is 0 Å². The zero-order valence-corrected chi connectivity index (χ0v) is 14.0. The van der Waals surface area contributed by atoms with Crippen LogP contribution in [0.1, 0.15) is 17.2 Å². The fraction of sp³-hybridized carbons (Fsp3) is 0.176. The molecule has 7 heteroatoms. The van der Waals surface area contributed by atoms with E-state index in [1.165, 1.54) is 11.2 Å². The van der Waals surface area contributed by atoms with Gasteiger partial charge in [-0.2, -0.15) is 0 Å². The molecule has 0 aliphatic rings. The average Bonchev–Trinajstić information content (AvgIpc) is 3.15. The van der Waals surface area contributed by atoms with Crippen molar-refractivity contribution >= 4 is 29.0 Å². The van der Waals surface area contributed by atoms with Crippen LogP contribution in [0, 0.1) is 13.8 Å². The monoisotopic (exact) mass is 345 g/mol. The van der Waals surface area contributed by atoms with E-state index in [4.69, 9.17) is 20.5 Å². The summed E-state index contributed by atoms with van der Waals surface area (Å²) in [6, 6.07) is 10.2. The van der Waals surface area contributed by atoms with Gasteiger partial charge in [-0.15, -0.1) is 0 Å². The highest BCUT2D eigenvalue weighted by Gasteiger charge is 2.22. The SMILES string of the molecule is Cc1ccc(CN(C(=O)Nc2ccc(Cl)cc2)c2conc2C)o1. The highest BCUT2D eigenvalue weighted by Crippen LogP contribution is 2.23. The van der Waals surface area contributed by atoms with E-state index in [0.29, 0.717) is 27.9 Å². The van der Waals surface area contributed by atoms with Crippen molar-refractivity contribution in [3.8, 4) is 0 Å². The highest BCUT2D eigenvalue weighted by atomic mass is 35.5. The quantitative estimate of drug-likeness (QED) is 0.738. The Morgan fingerprint density at radius 2 is 1.96 bits per heavy atom. The number of benzene rings is 1. The van der Waals surface area contributed by atoms with Crippen molar-refractivity contribution < 1.29 is 13.7 Å². The highest BCUT2D eigenvalue weighted by molar-refractivity contribution is 6.30. The zero-order valence-electron chi connectivity index (χ0n) is 13.2. The summed E-state index contributed by atoms with van der Waals surface area (Å²) >= 11 is 5.87. The maximum Gasteiger partial charge on any atom is 0.326 e. The molecule has 0 spiro atoms. The fourth-order valence-electron chi connectivity index (χ4n) is 2.26. The first-order valence-electron chi connectivity index (χ1n) is 7.33. The summed E-state index contributed by atoms with van der Waals surface area (Å²) in [5.74, 6) is 1.45. The second-order valence-electron chi connectivity index (χ2n) is 5.32. The van der Waals surface area contributed by atoms with Crippen LogP contribution in [0.2, 0.25) is 5.02 Å². The van der Waals surface area contributed by atoms with Gasteiger partial charge in [0.05, 0.1) is 6.54 Å². The van der Waals surface area contributed by atoms with E-state index < -0.39 is 0 Å². The third kappa shape index (κ3) is 3.60. The van der Waals surface area contributed by atoms with Crippen LogP contribution in [0.5, 0.6) is 0 Å². The Balaban J connectivity index is 1.84. The first-order valence-corrected chi connectivity index (χ1v) is 7.71. The molecular formula is C17H16ClN3O3. The average molecular weight is 346 g/mol. The van der Waals surface area contributed by atoms with Crippen molar-refractivity contribution in [3.63, 3.8) is 0 Å². The Bertz CT molecular complexity index is 839. The lowest BCUT2D eigenvalue weighted by molar-refractivity contribution is 0.256. The van der Waals surface area contributed by atoms with Crippen molar-refractivity contribution in [2.24, 2.45) is 0 Å². The summed E-state index contributed by atoms with van der Waals surface area (Å²) in [5.41, 5.74) is 1.83. The summed E-state index contributed by atoms with van der Waals surface area (Å²) in [4.78, 5) is 14.2. The van der Waals surface area contributed by atoms with E-state index in [2.05, 4.69) is 10.5 Å². The molecule has 0 aliphatic carbocycles. The number of urea groups is 1. The Hall–Kier alpha value is -2.73. The number of aromatic nitrogens is 1. The van der Waals surface area contributed by atoms with Crippen LogP contribution in [0.3, 0.4) is 0 Å². The predicted octanol–water partition coefficient (Wildman–Crippen LogP) is 4.78. The van der Waals surface area contributed by atoms with Gasteiger partial charge in [0.25, 0.3) is 0 Å². The Kier molecular flexibility index (Phi) is 4.57. The molecule has 0 radical (unpaired) electrons. The van der Waals surface area contributed by atoms with Gasteiger partial charge in [0, 0.05) is 10.7 Å². The number of amides is 2. The van der Waals surface area contributed by atoms with Crippen molar-refractivity contribution in [1.29, 1.82) is 0 Å². The number of nitrogens with one attached hydrogen (secondary N) is 1. The molecule has 0 saturated carbocycles. The maximum atomic E-state index is 12.7. The third-order valence-corrected chi connectivity index (χ3v) is 3.72. The van der Waals surface area contributed by atoms with Gasteiger partial charge >= 0.3 is 6.03 Å². The van der Waals surface area contributed by atoms with E-state index in [-0.39, 0.29) is 12.6 Å². The number of hydrogen-bond acceptors (Lipinski definition) is 4. The van der Waals surface area contributed by atoms with E-state index >= 15 is 0 Å². The molecule has 3 aromatic rings. The Morgan fingerprint density at radius 3 is 2.54 bits per heavy atom. The minimum absolute atomic E-state index is 0.259. The molecule has 1 N–H and O–H groups in total. The van der Waals surface area contributed by atoms with E-state index in [0.717, 1.165) is 5.76 Å². The molecule has 2 amide bonds. The first kappa shape index (κ1) is 16.1. The molecule has 2 aromatic heterocycles. The summed E-state index contributed by atoms with van der Waals surface area (Å²) in [6.45, 7) is 3.89. The number of anilines is 2. The van der Waals surface area contributed by atoms with Crippen LogP contribution in [-0.4, -0.2) is 11.2 Å². The van der Waals surface area contributed by atoms with Crippen LogP contribution in [-0.2, 0) is 6.54 Å². The molecular weight excluding hydrogens is 330 g/mol. The van der Waals surface area contributed by atoms with Crippen LogP contribution in [0.4, 0.5) is 16.2 Å². The molecule has 1 aromatic carbocycles. The lowest BCUT2D eigenvalue weighted by Gasteiger charge is -2.21. The third-order valence-electron chi connectivity index (χ3n) is 3.47. The van der Waals surface area contributed by atoms with Gasteiger partial charge in [-0.3, -0.25) is 4.90 Å². The fourth-order valence-corrected chi connectivity index (χ4v) is 2.39. The minimum atomic E-state index is -0.322. The molecule has 124 valence electrons. The molecule has 0 aliphatic heterocycles. The summed E-state index contributed by atoms with van der Waals surface area (Å²) in [6.07, 6.45) is 1.44. The Morgan fingerprint density at radius 1 is 1.21 bits per heavy atom. The molecule has 0 saturated heterocycles. The molecule has 24 heavy (non-hydrogen) atoms. The van der Waals surface area contributed by atoms with E-state index in [9.17, 15) is 4.79 Å². The van der Waals surface area contributed by atoms with Crippen LogP contribution in [0.15, 0.2) is 51.6 Å². The van der Waals surface area contributed by atoms with Gasteiger partial charge in [0.2, 0.25) is 0 Å². The number of nitrogens with zero attached hydrogens (tertiary/aromatic N) is 2. The predicted molar refractivity (Wildman–Crippen MR) is 91.3 cm³/mol. The standard InChI is InChI=1S/C17H16ClN3O3/c1-11-3-8-15(24-11)9-21(16-10-23-20-12(16)2)17(22)19-14-6-4-13(18)5-7-14/h3-8,10H,9H2,1-2H3,(H,19,22). The number of rotatable bonds is 4. The van der Waals surface area contributed by atoms with Gasteiger partial charge in [0.1, 0.15) is 29.2 Å². The summed E-state index contributed by atoms with van der Waals surface area (Å²) < 4.78 is 10.5. The van der Waals surface area contributed by atoms with Gasteiger partial charge in [-0.25, -0.2) is 4.79 Å². The van der Waals surface area contributed by atoms with Gasteiger partial charge in [-0.1, -0.05) is 16.8 Å². The molecule has 6 nitrogen and oxygen atoms in total. The number of hydrogen-bond donors (Lipinski definition) is 1. The molecule has 0 bridgehead atoms. The smallest absolute Gasteiger partial charge is 0.326 e. The number of carbonyl (C=O) groups is 1. The van der Waals surface area contributed by atoms with Gasteiger partial charge in [0.15, 0.2) is 0 Å². The topological polar surface area (TPSA) is 71.5 Å². The van der Waals surface area contributed by atoms with Crippen LogP contribution < -0.4 is 10.2 Å². The summed E-state index contributed by atoms with van der Waals surface area (Å²) in [7, 11) is 0. The van der Waals surface area contributed by atoms with Crippen molar-refractivity contribution in [2.45, 2.75) is 20.4 Å². The van der Waals surface area contributed by atoms with Crippen molar-refractivity contribution in [1.82, 2.24) is 5.16 Å². The second kappa shape index (κ2) is 6.80. The molecule has 0 unspecified atom stereocenters. The molecule has 3 rings (SSSR count). The lowest BCUT2D eigenvalue weighted by atomic mass is 10.3. The summed E-state index contributed by atoms with van der Waals surface area (Å²) in [5, 5.41) is 7.27. The number of halogens is 1. The van der Waals surface area contributed by atoms with Crippen molar-refractivity contribution in [3.05, 3.63) is 64.9 Å². The number of aryl methyl sites for hydroxylation is 2. The minimum Gasteiger partial charge on any atom is -0.464 e. The maximum absolute atomic E-state index is 12.7. The van der Waals surface area contributed by atoms with Crippen LogP contribution >= 0.6 is 11.6 Å². The number of furan rings is 1. The normalized spacial score (nSPS) is 10.6. The second-order valence-corrected chi connectivity index (χ2v) is 5.76. The van der Waals surface area contributed by atoms with Gasteiger partial charge < -0.3 is 14.3 Å². The molecule has 0 fully saturated rings. The zero-order chi connectivity index (χ0) is 17.1. The van der Waals surface area contributed by atoms with Gasteiger partial charge in [-0.05, 0) is 50.2 Å². The molecule has 0 atom stereocenters. The Labute approximate surface area is 144 Å². The molecule has 2 heterocycles. The first-order chi connectivity index (χ1) is 11.5.